The summed E-state index contributed by atoms with van der Waals surface area (Å²) >= 11 is 0. The van der Waals surface area contributed by atoms with Gasteiger partial charge in [-0.15, -0.1) is 0 Å². The predicted octanol–water partition coefficient (Wildman–Crippen LogP) is 1.61. The Bertz CT molecular complexity index is 633. The van der Waals surface area contributed by atoms with Gasteiger partial charge in [0.25, 0.3) is 0 Å². The van der Waals surface area contributed by atoms with Crippen LogP contribution in [0.1, 0.15) is 0 Å². The molecule has 2 aromatic rings. The Balaban J connectivity index is 2.54. The highest BCUT2D eigenvalue weighted by molar-refractivity contribution is 7.91. The highest BCUT2D eigenvalue weighted by atomic mass is 32.2. The molecule has 1 radical (unpaired) electrons. The summed E-state index contributed by atoms with van der Waals surface area (Å²) in [5, 5.41) is 9.23. The van der Waals surface area contributed by atoms with Crippen LogP contribution in [0.2, 0.25) is 0 Å². The van der Waals surface area contributed by atoms with Gasteiger partial charge in [0.1, 0.15) is 5.75 Å². The van der Waals surface area contributed by atoms with Crippen molar-refractivity contribution in [3.05, 3.63) is 48.5 Å². The number of anilines is 1. The summed E-state index contributed by atoms with van der Waals surface area (Å²) in [6, 6.07) is 12.3. The fourth-order valence-corrected chi connectivity index (χ4v) is 2.66. The smallest absolute Gasteiger partial charge is 0.206 e. The van der Waals surface area contributed by atoms with Gasteiger partial charge in [-0.05, 0) is 42.5 Å². The molecule has 17 heavy (non-hydrogen) atoms. The van der Waals surface area contributed by atoms with Gasteiger partial charge in [-0.25, -0.2) is 8.42 Å². The molecule has 0 saturated carbocycles. The lowest BCUT2D eigenvalue weighted by molar-refractivity contribution is 0.472. The minimum atomic E-state index is -3.61. The van der Waals surface area contributed by atoms with Gasteiger partial charge in [0, 0.05) is 11.8 Å². The quantitative estimate of drug-likeness (QED) is 0.791. The van der Waals surface area contributed by atoms with Gasteiger partial charge in [0.15, 0.2) is 0 Å². The molecule has 0 fully saturated rings. The maximum Gasteiger partial charge on any atom is 0.206 e. The van der Waals surface area contributed by atoms with Gasteiger partial charge in [-0.1, -0.05) is 0 Å². The van der Waals surface area contributed by atoms with Crippen LogP contribution in [0.4, 0.5) is 5.69 Å². The molecule has 0 unspecified atom stereocenters. The number of aromatic hydroxyl groups is 1. The molecule has 0 amide bonds. The van der Waals surface area contributed by atoms with E-state index in [-0.39, 0.29) is 15.5 Å². The number of nitrogens with two attached hydrogens (primary N) is 1. The molecule has 0 bridgehead atoms. The Morgan fingerprint density at radius 1 is 1.06 bits per heavy atom. The SMILES string of the molecule is Nc1ccc(S(=O)(=O)c2cc[c]c(O)c2)cc1. The van der Waals surface area contributed by atoms with Crippen LogP contribution in [0.3, 0.4) is 0 Å². The molecule has 4 nitrogen and oxygen atoms in total. The van der Waals surface area contributed by atoms with E-state index in [0.29, 0.717) is 5.69 Å². The van der Waals surface area contributed by atoms with E-state index in [9.17, 15) is 13.5 Å². The fraction of sp³-hybridized carbons (Fsp3) is 0. The molecule has 0 atom stereocenters. The van der Waals surface area contributed by atoms with Gasteiger partial charge in [-0.3, -0.25) is 0 Å². The Hall–Kier alpha value is -2.01. The second-order valence-electron chi connectivity index (χ2n) is 3.48. The molecule has 3 N–H and O–H groups in total. The number of hydrogen-bond acceptors (Lipinski definition) is 4. The summed E-state index contributed by atoms with van der Waals surface area (Å²) in [5.74, 6) is -0.207. The molecule has 0 aliphatic heterocycles. The monoisotopic (exact) mass is 248 g/mol. The standard InChI is InChI=1S/C12H10NO3S/c13-9-4-6-11(7-5-9)17(15,16)12-3-1-2-10(14)8-12/h1,3-8,14H,13H2. The van der Waals surface area contributed by atoms with Crippen LogP contribution < -0.4 is 5.73 Å². The van der Waals surface area contributed by atoms with Crippen LogP contribution in [0.5, 0.6) is 5.75 Å². The summed E-state index contributed by atoms with van der Waals surface area (Å²) in [7, 11) is -3.61. The van der Waals surface area contributed by atoms with Gasteiger partial charge >= 0.3 is 0 Å². The zero-order chi connectivity index (χ0) is 12.5. The van der Waals surface area contributed by atoms with Crippen molar-refractivity contribution in [2.75, 3.05) is 5.73 Å². The second-order valence-corrected chi connectivity index (χ2v) is 5.43. The average Bonchev–Trinajstić information content (AvgIpc) is 2.29. The van der Waals surface area contributed by atoms with Gasteiger partial charge < -0.3 is 10.8 Å². The third-order valence-electron chi connectivity index (χ3n) is 2.26. The lowest BCUT2D eigenvalue weighted by Crippen LogP contribution is -2.01. The largest absolute Gasteiger partial charge is 0.507 e. The molecule has 0 spiro atoms. The molecule has 2 aromatic carbocycles. The molecular weight excluding hydrogens is 238 g/mol. The van der Waals surface area contributed by atoms with E-state index in [1.54, 1.807) is 0 Å². The van der Waals surface area contributed by atoms with E-state index < -0.39 is 9.84 Å². The third kappa shape index (κ3) is 2.24. The number of phenols is 1. The van der Waals surface area contributed by atoms with Gasteiger partial charge in [-0.2, -0.15) is 0 Å². The highest BCUT2D eigenvalue weighted by Crippen LogP contribution is 2.23. The van der Waals surface area contributed by atoms with Crippen molar-refractivity contribution in [2.24, 2.45) is 0 Å². The fourth-order valence-electron chi connectivity index (χ4n) is 1.38. The maximum absolute atomic E-state index is 12.1. The van der Waals surface area contributed by atoms with Crippen molar-refractivity contribution in [3.8, 4) is 5.75 Å². The lowest BCUT2D eigenvalue weighted by Gasteiger charge is -2.05. The number of rotatable bonds is 2. The number of hydrogen-bond donors (Lipinski definition) is 2. The first-order valence-electron chi connectivity index (χ1n) is 4.81. The van der Waals surface area contributed by atoms with Crippen molar-refractivity contribution in [1.29, 1.82) is 0 Å². The summed E-state index contributed by atoms with van der Waals surface area (Å²) in [5.41, 5.74) is 5.99. The first-order valence-corrected chi connectivity index (χ1v) is 6.30. The number of phenolic OH excluding ortho intramolecular Hbond substituents is 1. The van der Waals surface area contributed by atoms with Gasteiger partial charge in [0.05, 0.1) is 9.79 Å². The Morgan fingerprint density at radius 3 is 2.29 bits per heavy atom. The average molecular weight is 248 g/mol. The van der Waals surface area contributed by atoms with Crippen LogP contribution in [-0.2, 0) is 9.84 Å². The van der Waals surface area contributed by atoms with E-state index in [4.69, 9.17) is 5.73 Å². The molecule has 87 valence electrons. The molecule has 2 rings (SSSR count). The maximum atomic E-state index is 12.1. The van der Waals surface area contributed by atoms with E-state index in [1.165, 1.54) is 36.4 Å². The summed E-state index contributed by atoms with van der Waals surface area (Å²) in [4.78, 5) is 0.163. The first-order chi connectivity index (χ1) is 8.00. The van der Waals surface area contributed by atoms with Crippen molar-refractivity contribution in [3.63, 3.8) is 0 Å². The first kappa shape index (κ1) is 11.5. The van der Waals surface area contributed by atoms with Crippen LogP contribution in [0.25, 0.3) is 0 Å². The zero-order valence-corrected chi connectivity index (χ0v) is 9.61. The van der Waals surface area contributed by atoms with Crippen molar-refractivity contribution in [2.45, 2.75) is 9.79 Å². The third-order valence-corrected chi connectivity index (χ3v) is 4.03. The Kier molecular flexibility index (Phi) is 2.77. The number of sulfone groups is 1. The molecule has 0 heterocycles. The van der Waals surface area contributed by atoms with Crippen molar-refractivity contribution >= 4 is 15.5 Å². The van der Waals surface area contributed by atoms with Crippen molar-refractivity contribution in [1.82, 2.24) is 0 Å². The number of nitrogen functional groups attached to an aromatic ring is 1. The topological polar surface area (TPSA) is 80.4 Å². The Morgan fingerprint density at radius 2 is 1.71 bits per heavy atom. The van der Waals surface area contributed by atoms with Crippen LogP contribution in [-0.4, -0.2) is 13.5 Å². The van der Waals surface area contributed by atoms with Crippen LogP contribution in [0.15, 0.2) is 52.3 Å². The Labute approximate surface area is 99.2 Å². The minimum absolute atomic E-state index is 0.0264. The summed E-state index contributed by atoms with van der Waals surface area (Å²) < 4.78 is 24.3. The van der Waals surface area contributed by atoms with Crippen LogP contribution >= 0.6 is 0 Å². The predicted molar refractivity (Wildman–Crippen MR) is 63.2 cm³/mol. The molecule has 0 aliphatic rings. The van der Waals surface area contributed by atoms with E-state index in [1.807, 2.05) is 0 Å². The van der Waals surface area contributed by atoms with Crippen molar-refractivity contribution < 1.29 is 13.5 Å². The van der Waals surface area contributed by atoms with Crippen LogP contribution in [0, 0.1) is 6.07 Å². The molecule has 5 heteroatoms. The van der Waals surface area contributed by atoms with Gasteiger partial charge in [0.2, 0.25) is 9.84 Å². The number of benzene rings is 2. The van der Waals surface area contributed by atoms with E-state index in [0.717, 1.165) is 6.07 Å². The molecular formula is C12H10NO3S. The second kappa shape index (κ2) is 4.10. The van der Waals surface area contributed by atoms with E-state index in [2.05, 4.69) is 6.07 Å². The minimum Gasteiger partial charge on any atom is -0.507 e. The van der Waals surface area contributed by atoms with E-state index >= 15 is 0 Å². The highest BCUT2D eigenvalue weighted by Gasteiger charge is 2.17. The normalized spacial score (nSPS) is 11.3. The summed E-state index contributed by atoms with van der Waals surface area (Å²) in [6.07, 6.45) is 0. The molecule has 0 aliphatic carbocycles. The molecule has 0 aromatic heterocycles. The molecule has 0 saturated heterocycles. The zero-order valence-electron chi connectivity index (χ0n) is 8.79. The summed E-state index contributed by atoms with van der Waals surface area (Å²) in [6.45, 7) is 0. The lowest BCUT2D eigenvalue weighted by atomic mass is 10.3.